The van der Waals surface area contributed by atoms with Crippen LogP contribution in [0.2, 0.25) is 0 Å². The maximum atomic E-state index is 12.6. The van der Waals surface area contributed by atoms with Gasteiger partial charge in [-0.3, -0.25) is 9.59 Å². The van der Waals surface area contributed by atoms with Gasteiger partial charge in [0, 0.05) is 26.2 Å². The van der Waals surface area contributed by atoms with Gasteiger partial charge in [-0.2, -0.15) is 0 Å². The van der Waals surface area contributed by atoms with Gasteiger partial charge in [-0.25, -0.2) is 4.99 Å². The average molecular weight is 372 g/mol. The molecule has 146 valence electrons. The molecule has 0 spiro atoms. The highest BCUT2D eigenvalue weighted by Gasteiger charge is 2.28. The second-order valence-corrected chi connectivity index (χ2v) is 7.08. The maximum Gasteiger partial charge on any atom is 0.250 e. The Labute approximate surface area is 159 Å². The standard InChI is InChI=1S/C19H28N6O2/c1-13(23-17-14(18(21)26)5-4-6-15(17)20)24-9-11-25(12-10-24)19(27)16-7-2-3-8-22-16/h4-6,16,22H,2-3,7-12,20H2,1H3,(H2,21,26). The molecule has 2 aliphatic rings. The van der Waals surface area contributed by atoms with Gasteiger partial charge >= 0.3 is 0 Å². The number of benzene rings is 1. The van der Waals surface area contributed by atoms with Crippen LogP contribution in [-0.4, -0.2) is 66.2 Å². The van der Waals surface area contributed by atoms with Crippen molar-refractivity contribution < 1.29 is 9.59 Å². The van der Waals surface area contributed by atoms with Gasteiger partial charge in [-0.15, -0.1) is 0 Å². The first-order valence-electron chi connectivity index (χ1n) is 9.48. The predicted octanol–water partition coefficient (Wildman–Crippen LogP) is 0.704. The van der Waals surface area contributed by atoms with Gasteiger partial charge in [-0.05, 0) is 38.4 Å². The average Bonchev–Trinajstić information content (AvgIpc) is 2.69. The summed E-state index contributed by atoms with van der Waals surface area (Å²) in [4.78, 5) is 32.9. The topological polar surface area (TPSA) is 117 Å². The number of para-hydroxylation sites is 1. The summed E-state index contributed by atoms with van der Waals surface area (Å²) in [6, 6.07) is 4.97. The summed E-state index contributed by atoms with van der Waals surface area (Å²) >= 11 is 0. The maximum absolute atomic E-state index is 12.6. The Hall–Kier alpha value is -2.61. The minimum atomic E-state index is -0.552. The van der Waals surface area contributed by atoms with Gasteiger partial charge in [0.15, 0.2) is 0 Å². The Bertz CT molecular complexity index is 734. The Morgan fingerprint density at radius 2 is 1.85 bits per heavy atom. The van der Waals surface area contributed by atoms with Crippen molar-refractivity contribution in [2.24, 2.45) is 10.7 Å². The molecule has 2 saturated heterocycles. The second kappa shape index (κ2) is 8.39. The molecule has 0 aromatic heterocycles. The van der Waals surface area contributed by atoms with E-state index in [0.717, 1.165) is 31.6 Å². The molecule has 2 heterocycles. The summed E-state index contributed by atoms with van der Waals surface area (Å²) in [7, 11) is 0. The monoisotopic (exact) mass is 372 g/mol. The first-order chi connectivity index (χ1) is 13.0. The van der Waals surface area contributed by atoms with E-state index in [4.69, 9.17) is 11.5 Å². The highest BCUT2D eigenvalue weighted by Crippen LogP contribution is 2.27. The van der Waals surface area contributed by atoms with E-state index >= 15 is 0 Å². The van der Waals surface area contributed by atoms with Crippen molar-refractivity contribution in [2.45, 2.75) is 32.2 Å². The van der Waals surface area contributed by atoms with E-state index in [2.05, 4.69) is 15.2 Å². The van der Waals surface area contributed by atoms with Crippen molar-refractivity contribution in [3.63, 3.8) is 0 Å². The first kappa shape index (κ1) is 19.2. The molecular formula is C19H28N6O2. The fourth-order valence-electron chi connectivity index (χ4n) is 3.65. The number of carbonyl (C=O) groups is 2. The molecule has 2 aliphatic heterocycles. The highest BCUT2D eigenvalue weighted by molar-refractivity contribution is 6.01. The summed E-state index contributed by atoms with van der Waals surface area (Å²) in [5.41, 5.74) is 12.6. The van der Waals surface area contributed by atoms with Crippen LogP contribution in [0.3, 0.4) is 0 Å². The van der Waals surface area contributed by atoms with Gasteiger partial charge in [0.25, 0.3) is 5.91 Å². The zero-order valence-corrected chi connectivity index (χ0v) is 15.8. The van der Waals surface area contributed by atoms with Gasteiger partial charge in [0.1, 0.15) is 11.5 Å². The number of amidine groups is 1. The molecule has 27 heavy (non-hydrogen) atoms. The second-order valence-electron chi connectivity index (χ2n) is 7.08. The molecule has 2 fully saturated rings. The van der Waals surface area contributed by atoms with E-state index in [-0.39, 0.29) is 11.9 Å². The molecule has 1 aromatic rings. The molecule has 0 bridgehead atoms. The highest BCUT2D eigenvalue weighted by atomic mass is 16.2. The summed E-state index contributed by atoms with van der Waals surface area (Å²) in [5.74, 6) is 0.412. The lowest BCUT2D eigenvalue weighted by Gasteiger charge is -2.38. The van der Waals surface area contributed by atoms with Crippen LogP contribution in [0.15, 0.2) is 23.2 Å². The zero-order valence-electron chi connectivity index (χ0n) is 15.8. The number of nitrogens with one attached hydrogen (secondary N) is 1. The number of piperidine rings is 1. The number of nitrogen functional groups attached to an aromatic ring is 1. The number of primary amides is 1. The number of nitrogens with two attached hydrogens (primary N) is 2. The van der Waals surface area contributed by atoms with Crippen LogP contribution < -0.4 is 16.8 Å². The van der Waals surface area contributed by atoms with E-state index in [9.17, 15) is 9.59 Å². The van der Waals surface area contributed by atoms with E-state index in [1.165, 1.54) is 0 Å². The van der Waals surface area contributed by atoms with Crippen molar-refractivity contribution in [1.82, 2.24) is 15.1 Å². The van der Waals surface area contributed by atoms with E-state index in [0.29, 0.717) is 43.1 Å². The van der Waals surface area contributed by atoms with E-state index in [1.807, 2.05) is 11.8 Å². The third kappa shape index (κ3) is 4.39. The van der Waals surface area contributed by atoms with Crippen LogP contribution >= 0.6 is 0 Å². The number of rotatable bonds is 3. The van der Waals surface area contributed by atoms with Crippen LogP contribution in [0.25, 0.3) is 0 Å². The number of hydrogen-bond donors (Lipinski definition) is 3. The minimum Gasteiger partial charge on any atom is -0.397 e. The Kier molecular flexibility index (Phi) is 5.95. The van der Waals surface area contributed by atoms with Crippen molar-refractivity contribution in [1.29, 1.82) is 0 Å². The predicted molar refractivity (Wildman–Crippen MR) is 106 cm³/mol. The molecule has 8 heteroatoms. The number of carbonyl (C=O) groups excluding carboxylic acids is 2. The van der Waals surface area contributed by atoms with Crippen molar-refractivity contribution in [2.75, 3.05) is 38.5 Å². The molecule has 2 amide bonds. The smallest absolute Gasteiger partial charge is 0.250 e. The Morgan fingerprint density at radius 1 is 1.15 bits per heavy atom. The number of amides is 2. The van der Waals surface area contributed by atoms with Gasteiger partial charge in [0.2, 0.25) is 5.91 Å². The molecule has 0 aliphatic carbocycles. The molecule has 0 radical (unpaired) electrons. The minimum absolute atomic E-state index is 0.0395. The Balaban J connectivity index is 1.65. The number of piperazine rings is 1. The number of hydrogen-bond acceptors (Lipinski definition) is 5. The number of aliphatic imine (C=N–C) groups is 1. The summed E-state index contributed by atoms with van der Waals surface area (Å²) < 4.78 is 0. The fourth-order valence-corrected chi connectivity index (χ4v) is 3.65. The summed E-state index contributed by atoms with van der Waals surface area (Å²) in [6.45, 7) is 5.53. The fraction of sp³-hybridized carbons (Fsp3) is 0.526. The normalized spacial score (nSPS) is 21.2. The molecule has 0 saturated carbocycles. The first-order valence-corrected chi connectivity index (χ1v) is 9.48. The van der Waals surface area contributed by atoms with Crippen LogP contribution in [0.5, 0.6) is 0 Å². The van der Waals surface area contributed by atoms with E-state index < -0.39 is 5.91 Å². The SMILES string of the molecule is CC(=Nc1c(N)cccc1C(N)=O)N1CCN(C(=O)C2CCCCN2)CC1. The van der Waals surface area contributed by atoms with Gasteiger partial charge in [0.05, 0.1) is 17.3 Å². The summed E-state index contributed by atoms with van der Waals surface area (Å²) in [5, 5.41) is 3.32. The third-order valence-electron chi connectivity index (χ3n) is 5.26. The Morgan fingerprint density at radius 3 is 2.48 bits per heavy atom. The molecule has 1 unspecified atom stereocenters. The van der Waals surface area contributed by atoms with Crippen LogP contribution in [0, 0.1) is 0 Å². The van der Waals surface area contributed by atoms with Crippen LogP contribution in [0.1, 0.15) is 36.5 Å². The molecule has 5 N–H and O–H groups in total. The largest absolute Gasteiger partial charge is 0.397 e. The molecular weight excluding hydrogens is 344 g/mol. The van der Waals surface area contributed by atoms with Crippen molar-refractivity contribution >= 4 is 29.0 Å². The van der Waals surface area contributed by atoms with Gasteiger partial charge < -0.3 is 26.6 Å². The lowest BCUT2D eigenvalue weighted by molar-refractivity contribution is -0.135. The third-order valence-corrected chi connectivity index (χ3v) is 5.26. The zero-order chi connectivity index (χ0) is 19.4. The molecule has 3 rings (SSSR count). The molecule has 1 atom stereocenters. The van der Waals surface area contributed by atoms with Crippen LogP contribution in [-0.2, 0) is 4.79 Å². The summed E-state index contributed by atoms with van der Waals surface area (Å²) in [6.07, 6.45) is 3.17. The van der Waals surface area contributed by atoms with Crippen molar-refractivity contribution in [3.05, 3.63) is 23.8 Å². The quantitative estimate of drug-likeness (QED) is 0.410. The van der Waals surface area contributed by atoms with E-state index in [1.54, 1.807) is 18.2 Å². The molecule has 1 aromatic carbocycles. The van der Waals surface area contributed by atoms with Crippen molar-refractivity contribution in [3.8, 4) is 0 Å². The molecule has 8 nitrogen and oxygen atoms in total. The lowest BCUT2D eigenvalue weighted by Crippen LogP contribution is -2.55. The number of anilines is 1. The number of nitrogens with zero attached hydrogens (tertiary/aromatic N) is 3. The lowest BCUT2D eigenvalue weighted by atomic mass is 10.0. The van der Waals surface area contributed by atoms with Crippen LogP contribution in [0.4, 0.5) is 11.4 Å². The van der Waals surface area contributed by atoms with Gasteiger partial charge in [-0.1, -0.05) is 12.5 Å².